The van der Waals surface area contributed by atoms with Gasteiger partial charge < -0.3 is 0 Å². The highest BCUT2D eigenvalue weighted by molar-refractivity contribution is 5.61. The normalized spacial score (nSPS) is 9.71. The molecule has 0 aliphatic carbocycles. The average molecular weight is 183 g/mol. The van der Waals surface area contributed by atoms with Gasteiger partial charge in [-0.15, -0.1) is 0 Å². The summed E-state index contributed by atoms with van der Waals surface area (Å²) in [6, 6.07) is 9.84. The second-order valence-electron chi connectivity index (χ2n) is 3.01. The van der Waals surface area contributed by atoms with Crippen LogP contribution in [-0.2, 0) is 0 Å². The molecule has 0 amide bonds. The summed E-state index contributed by atoms with van der Waals surface area (Å²) in [4.78, 5) is 4.20. The van der Waals surface area contributed by atoms with Crippen LogP contribution in [0.1, 0.15) is 5.69 Å². The van der Waals surface area contributed by atoms with Crippen LogP contribution >= 0.6 is 0 Å². The fraction of sp³-hybridized carbons (Fsp3) is 0.0909. The van der Waals surface area contributed by atoms with Crippen LogP contribution < -0.4 is 0 Å². The van der Waals surface area contributed by atoms with Gasteiger partial charge in [-0.25, -0.2) is 9.55 Å². The first-order chi connectivity index (χ1) is 6.83. The summed E-state index contributed by atoms with van der Waals surface area (Å²) in [6.45, 7) is 1.89. The Bertz CT molecular complexity index is 477. The molecular weight excluding hydrogens is 174 g/mol. The smallest absolute Gasteiger partial charge is 0.189 e. The van der Waals surface area contributed by atoms with E-state index in [1.807, 2.05) is 43.4 Å². The molecule has 0 fully saturated rings. The van der Waals surface area contributed by atoms with E-state index in [0.717, 1.165) is 17.0 Å². The molecule has 0 bridgehead atoms. The van der Waals surface area contributed by atoms with E-state index in [2.05, 4.69) is 4.98 Å². The van der Waals surface area contributed by atoms with Crippen molar-refractivity contribution >= 4 is 0 Å². The first kappa shape index (κ1) is 8.52. The summed E-state index contributed by atoms with van der Waals surface area (Å²) < 4.78 is 1.46. The molecule has 3 heteroatoms. The van der Waals surface area contributed by atoms with E-state index in [1.54, 1.807) is 0 Å². The Kier molecular flexibility index (Phi) is 2.04. The van der Waals surface area contributed by atoms with Crippen LogP contribution in [0.3, 0.4) is 0 Å². The summed E-state index contributed by atoms with van der Waals surface area (Å²) in [7, 11) is 0. The number of benzene rings is 1. The van der Waals surface area contributed by atoms with Gasteiger partial charge in [0.15, 0.2) is 6.19 Å². The van der Waals surface area contributed by atoms with E-state index in [-0.39, 0.29) is 0 Å². The van der Waals surface area contributed by atoms with Crippen molar-refractivity contribution in [3.05, 3.63) is 42.4 Å². The third kappa shape index (κ3) is 1.27. The minimum atomic E-state index is 0.868. The SMILES string of the molecule is Cc1c(-c2ccccc2)ncn1C#N. The molecule has 2 aromatic rings. The van der Waals surface area contributed by atoms with Crippen molar-refractivity contribution in [1.82, 2.24) is 9.55 Å². The minimum Gasteiger partial charge on any atom is -0.240 e. The molecule has 1 heterocycles. The van der Waals surface area contributed by atoms with Gasteiger partial charge in [0.25, 0.3) is 0 Å². The molecule has 2 rings (SSSR count). The number of nitriles is 1. The molecule has 14 heavy (non-hydrogen) atoms. The standard InChI is InChI=1S/C11H9N3/c1-9-11(13-8-14(9)7-12)10-5-3-2-4-6-10/h2-6,8H,1H3. The second kappa shape index (κ2) is 3.35. The van der Waals surface area contributed by atoms with E-state index in [0.29, 0.717) is 0 Å². The van der Waals surface area contributed by atoms with E-state index < -0.39 is 0 Å². The summed E-state index contributed by atoms with van der Waals surface area (Å²) in [5.74, 6) is 0. The number of hydrogen-bond acceptors (Lipinski definition) is 2. The van der Waals surface area contributed by atoms with Crippen molar-refractivity contribution in [2.24, 2.45) is 0 Å². The molecule has 0 unspecified atom stereocenters. The lowest BCUT2D eigenvalue weighted by Crippen LogP contribution is -1.88. The van der Waals surface area contributed by atoms with Crippen LogP contribution in [0.2, 0.25) is 0 Å². The van der Waals surface area contributed by atoms with Crippen LogP contribution in [0.4, 0.5) is 0 Å². The fourth-order valence-corrected chi connectivity index (χ4v) is 1.39. The highest BCUT2D eigenvalue weighted by Crippen LogP contribution is 2.20. The van der Waals surface area contributed by atoms with Gasteiger partial charge in [0.1, 0.15) is 6.33 Å². The van der Waals surface area contributed by atoms with Crippen molar-refractivity contribution in [1.29, 1.82) is 5.26 Å². The monoisotopic (exact) mass is 183 g/mol. The molecule has 0 aliphatic rings. The molecule has 0 spiro atoms. The Hall–Kier alpha value is -2.08. The largest absolute Gasteiger partial charge is 0.240 e. The van der Waals surface area contributed by atoms with Gasteiger partial charge in [0.2, 0.25) is 0 Å². The van der Waals surface area contributed by atoms with E-state index >= 15 is 0 Å². The van der Waals surface area contributed by atoms with Crippen LogP contribution in [0.25, 0.3) is 11.3 Å². The summed E-state index contributed by atoms with van der Waals surface area (Å²) >= 11 is 0. The van der Waals surface area contributed by atoms with Crippen molar-refractivity contribution in [2.75, 3.05) is 0 Å². The first-order valence-electron chi connectivity index (χ1n) is 4.32. The molecule has 0 saturated heterocycles. The predicted molar refractivity (Wildman–Crippen MR) is 53.4 cm³/mol. The maximum atomic E-state index is 8.75. The van der Waals surface area contributed by atoms with Crippen molar-refractivity contribution < 1.29 is 0 Å². The zero-order valence-corrected chi connectivity index (χ0v) is 7.81. The number of aromatic nitrogens is 2. The van der Waals surface area contributed by atoms with Gasteiger partial charge in [-0.2, -0.15) is 5.26 Å². The van der Waals surface area contributed by atoms with Crippen molar-refractivity contribution in [3.8, 4) is 17.5 Å². The number of rotatable bonds is 1. The second-order valence-corrected chi connectivity index (χ2v) is 3.01. The lowest BCUT2D eigenvalue weighted by Gasteiger charge is -1.97. The molecule has 0 aliphatic heterocycles. The quantitative estimate of drug-likeness (QED) is 0.680. The number of nitrogens with zero attached hydrogens (tertiary/aromatic N) is 3. The third-order valence-corrected chi connectivity index (χ3v) is 2.16. The van der Waals surface area contributed by atoms with Crippen LogP contribution in [-0.4, -0.2) is 9.55 Å². The zero-order chi connectivity index (χ0) is 9.97. The van der Waals surface area contributed by atoms with Gasteiger partial charge in [0, 0.05) is 5.56 Å². The molecule has 68 valence electrons. The number of hydrogen-bond donors (Lipinski definition) is 0. The van der Waals surface area contributed by atoms with E-state index in [1.165, 1.54) is 10.9 Å². The van der Waals surface area contributed by atoms with Crippen LogP contribution in [0.15, 0.2) is 36.7 Å². The van der Waals surface area contributed by atoms with E-state index in [4.69, 9.17) is 5.26 Å². The summed E-state index contributed by atoms with van der Waals surface area (Å²) in [5.41, 5.74) is 2.78. The Labute approximate surface area is 82.2 Å². The Morgan fingerprint density at radius 3 is 2.57 bits per heavy atom. The van der Waals surface area contributed by atoms with Gasteiger partial charge in [0.05, 0.1) is 11.4 Å². The van der Waals surface area contributed by atoms with E-state index in [9.17, 15) is 0 Å². The number of imidazole rings is 1. The fourth-order valence-electron chi connectivity index (χ4n) is 1.39. The molecule has 0 radical (unpaired) electrons. The molecule has 1 aromatic heterocycles. The molecule has 3 nitrogen and oxygen atoms in total. The van der Waals surface area contributed by atoms with Crippen LogP contribution in [0, 0.1) is 18.4 Å². The molecule has 1 aromatic carbocycles. The lowest BCUT2D eigenvalue weighted by molar-refractivity contribution is 1.02. The highest BCUT2D eigenvalue weighted by Gasteiger charge is 2.07. The molecule has 0 N–H and O–H groups in total. The lowest BCUT2D eigenvalue weighted by atomic mass is 10.1. The van der Waals surface area contributed by atoms with Crippen LogP contribution in [0.5, 0.6) is 0 Å². The van der Waals surface area contributed by atoms with Gasteiger partial charge in [-0.1, -0.05) is 30.3 Å². The van der Waals surface area contributed by atoms with Crippen molar-refractivity contribution in [2.45, 2.75) is 6.92 Å². The Balaban J connectivity index is 2.54. The van der Waals surface area contributed by atoms with Crippen molar-refractivity contribution in [3.63, 3.8) is 0 Å². The highest BCUT2D eigenvalue weighted by atomic mass is 15.0. The summed E-state index contributed by atoms with van der Waals surface area (Å²) in [6.07, 6.45) is 3.58. The first-order valence-corrected chi connectivity index (χ1v) is 4.32. The molecular formula is C11H9N3. The predicted octanol–water partition coefficient (Wildman–Crippen LogP) is 2.19. The Morgan fingerprint density at radius 1 is 1.29 bits per heavy atom. The van der Waals surface area contributed by atoms with Gasteiger partial charge in [-0.3, -0.25) is 0 Å². The zero-order valence-electron chi connectivity index (χ0n) is 7.81. The third-order valence-electron chi connectivity index (χ3n) is 2.16. The topological polar surface area (TPSA) is 41.6 Å². The average Bonchev–Trinajstić information content (AvgIpc) is 2.61. The minimum absolute atomic E-state index is 0.868. The summed E-state index contributed by atoms with van der Waals surface area (Å²) in [5, 5.41) is 8.75. The maximum absolute atomic E-state index is 8.75. The Morgan fingerprint density at radius 2 is 2.00 bits per heavy atom. The maximum Gasteiger partial charge on any atom is 0.189 e. The molecule has 0 saturated carbocycles. The van der Waals surface area contributed by atoms with Gasteiger partial charge >= 0.3 is 0 Å². The van der Waals surface area contributed by atoms with Gasteiger partial charge in [-0.05, 0) is 6.92 Å². The molecule has 0 atom stereocenters.